The van der Waals surface area contributed by atoms with E-state index in [2.05, 4.69) is 14.7 Å². The predicted octanol–water partition coefficient (Wildman–Crippen LogP) is 7.48. The van der Waals surface area contributed by atoms with Crippen molar-refractivity contribution in [2.75, 3.05) is 9.73 Å². The van der Waals surface area contributed by atoms with Crippen LogP contribution in [-0.2, 0) is 14.8 Å². The molecule has 7 rings (SSSR count). The highest BCUT2D eigenvalue weighted by molar-refractivity contribution is 7.92. The van der Waals surface area contributed by atoms with Crippen LogP contribution in [0.1, 0.15) is 17.0 Å². The molecule has 6 aromatic rings. The zero-order chi connectivity index (χ0) is 37.4. The number of hydrogen-bond donors (Lipinski definition) is 1. The molecule has 0 aliphatic carbocycles. The van der Waals surface area contributed by atoms with Crippen LogP contribution in [0.4, 0.5) is 11.4 Å². The van der Waals surface area contributed by atoms with Crippen LogP contribution in [0.3, 0.4) is 0 Å². The molecule has 53 heavy (non-hydrogen) atoms. The minimum atomic E-state index is -4.46. The fourth-order valence-electron chi connectivity index (χ4n) is 5.54. The fourth-order valence-corrected chi connectivity index (χ4v) is 7.35. The van der Waals surface area contributed by atoms with Gasteiger partial charge in [0.2, 0.25) is 0 Å². The first-order valence-corrected chi connectivity index (χ1v) is 17.9. The summed E-state index contributed by atoms with van der Waals surface area (Å²) in [6, 6.07) is 30.6. The number of anilines is 1. The molecule has 0 atom stereocenters. The van der Waals surface area contributed by atoms with Crippen molar-refractivity contribution < 1.29 is 22.9 Å². The molecule has 1 amide bonds. The van der Waals surface area contributed by atoms with Gasteiger partial charge in [-0.05, 0) is 61.0 Å². The number of halogens is 2. The second kappa shape index (κ2) is 14.0. The van der Waals surface area contributed by atoms with Gasteiger partial charge in [-0.25, -0.2) is 18.4 Å². The number of ether oxygens (including phenoxy) is 1. The van der Waals surface area contributed by atoms with E-state index in [4.69, 9.17) is 27.9 Å². The predicted molar refractivity (Wildman–Crippen MR) is 202 cm³/mol. The molecule has 0 saturated heterocycles. The standard InChI is InChI=1S/C37H24Cl2N6O7S/c1-22-40-32-16-15-28(53(50,51)42-34-30(38)19-25(45(48)49)20-31(34)39)21-29(32)36(46)43(22)44-35(24-10-4-2-5-11-24)41-33(37(44)47)18-23-9-8-14-27(17-23)52-26-12-6-3-7-13-26/h2-21,42H,1H3/b33-18-. The third-order valence-electron chi connectivity index (χ3n) is 7.97. The van der Waals surface area contributed by atoms with E-state index in [1.54, 1.807) is 60.7 Å². The van der Waals surface area contributed by atoms with Crippen LogP contribution in [0.5, 0.6) is 11.5 Å². The topological polar surface area (TPSA) is 166 Å². The van der Waals surface area contributed by atoms with E-state index in [1.807, 2.05) is 30.3 Å². The van der Waals surface area contributed by atoms with Crippen LogP contribution in [0.25, 0.3) is 17.0 Å². The third kappa shape index (κ3) is 6.98. The Morgan fingerprint density at radius 2 is 1.51 bits per heavy atom. The number of para-hydroxylation sites is 1. The number of aromatic nitrogens is 2. The smallest absolute Gasteiger partial charge is 0.297 e. The number of benzene rings is 5. The number of fused-ring (bicyclic) bond motifs is 1. The van der Waals surface area contributed by atoms with Crippen LogP contribution >= 0.6 is 23.2 Å². The molecule has 2 heterocycles. The largest absolute Gasteiger partial charge is 0.457 e. The van der Waals surface area contributed by atoms with Crippen LogP contribution in [0.15, 0.2) is 136 Å². The average Bonchev–Trinajstić information content (AvgIpc) is 3.45. The Morgan fingerprint density at radius 1 is 0.849 bits per heavy atom. The van der Waals surface area contributed by atoms with E-state index in [0.29, 0.717) is 22.6 Å². The number of nitro groups is 1. The van der Waals surface area contributed by atoms with E-state index in [1.165, 1.54) is 19.1 Å². The van der Waals surface area contributed by atoms with Gasteiger partial charge in [0.25, 0.3) is 27.2 Å². The van der Waals surface area contributed by atoms with Crippen LogP contribution in [0.2, 0.25) is 10.0 Å². The highest BCUT2D eigenvalue weighted by Crippen LogP contribution is 2.36. The lowest BCUT2D eigenvalue weighted by Gasteiger charge is -2.22. The molecule has 0 spiro atoms. The number of carbonyl (C=O) groups excluding carboxylic acids is 1. The first-order valence-electron chi connectivity index (χ1n) is 15.6. The van der Waals surface area contributed by atoms with Gasteiger partial charge in [0.05, 0.1) is 36.5 Å². The van der Waals surface area contributed by atoms with E-state index < -0.39 is 32.1 Å². The summed E-state index contributed by atoms with van der Waals surface area (Å²) in [4.78, 5) is 47.8. The zero-order valence-corrected chi connectivity index (χ0v) is 29.6. The number of nitrogens with zero attached hydrogens (tertiary/aromatic N) is 5. The van der Waals surface area contributed by atoms with Gasteiger partial charge in [0.15, 0.2) is 5.84 Å². The summed E-state index contributed by atoms with van der Waals surface area (Å²) in [5.74, 6) is 0.783. The van der Waals surface area contributed by atoms with Crippen molar-refractivity contribution in [2.24, 2.45) is 4.99 Å². The molecule has 264 valence electrons. The molecular formula is C37H24Cl2N6O7S. The monoisotopic (exact) mass is 766 g/mol. The van der Waals surface area contributed by atoms with Crippen molar-refractivity contribution in [1.82, 2.24) is 9.66 Å². The lowest BCUT2D eigenvalue weighted by Crippen LogP contribution is -2.49. The lowest BCUT2D eigenvalue weighted by atomic mass is 10.2. The maximum absolute atomic E-state index is 14.3. The van der Waals surface area contributed by atoms with Crippen molar-refractivity contribution in [3.8, 4) is 11.5 Å². The normalized spacial score (nSPS) is 13.7. The molecule has 13 nitrogen and oxygen atoms in total. The number of non-ortho nitro benzene ring substituents is 1. The average molecular weight is 768 g/mol. The van der Waals surface area contributed by atoms with Gasteiger partial charge in [0.1, 0.15) is 23.0 Å². The van der Waals surface area contributed by atoms with Gasteiger partial charge < -0.3 is 4.74 Å². The van der Waals surface area contributed by atoms with E-state index in [-0.39, 0.29) is 48.9 Å². The maximum Gasteiger partial charge on any atom is 0.297 e. The first-order chi connectivity index (χ1) is 25.4. The van der Waals surface area contributed by atoms with Gasteiger partial charge in [0, 0.05) is 17.7 Å². The van der Waals surface area contributed by atoms with Crippen LogP contribution < -0.4 is 20.0 Å². The Kier molecular flexibility index (Phi) is 9.26. The number of rotatable bonds is 9. The molecule has 1 aliphatic rings. The Hall–Kier alpha value is -6.35. The van der Waals surface area contributed by atoms with Crippen LogP contribution in [0, 0.1) is 17.0 Å². The maximum atomic E-state index is 14.3. The van der Waals surface area contributed by atoms with Crippen LogP contribution in [-0.4, -0.2) is 34.7 Å². The van der Waals surface area contributed by atoms with Gasteiger partial charge in [-0.2, -0.15) is 9.69 Å². The number of hydrogen-bond acceptors (Lipinski definition) is 9. The Labute approximate surface area is 311 Å². The lowest BCUT2D eigenvalue weighted by molar-refractivity contribution is -0.384. The number of nitrogens with one attached hydrogen (secondary N) is 1. The molecule has 0 radical (unpaired) electrons. The number of carbonyl (C=O) groups is 1. The quantitative estimate of drug-likeness (QED) is 0.0898. The van der Waals surface area contributed by atoms with Gasteiger partial charge in [-0.15, -0.1) is 0 Å². The fraction of sp³-hybridized carbons (Fsp3) is 0.0270. The molecular weight excluding hydrogens is 743 g/mol. The Balaban J connectivity index is 1.29. The molecule has 0 saturated carbocycles. The van der Waals surface area contributed by atoms with Crippen molar-refractivity contribution in [2.45, 2.75) is 11.8 Å². The molecule has 16 heteroatoms. The minimum absolute atomic E-state index is 0.0181. The number of aryl methyl sites for hydroxylation is 1. The molecule has 1 N–H and O–H groups in total. The Morgan fingerprint density at radius 3 is 2.19 bits per heavy atom. The second-order valence-corrected chi connectivity index (χ2v) is 14.0. The molecule has 0 fully saturated rings. The van der Waals surface area contributed by atoms with Crippen molar-refractivity contribution in [1.29, 1.82) is 0 Å². The summed E-state index contributed by atoms with van der Waals surface area (Å²) in [6.07, 6.45) is 1.57. The van der Waals surface area contributed by atoms with Crippen molar-refractivity contribution in [3.05, 3.63) is 168 Å². The third-order valence-corrected chi connectivity index (χ3v) is 9.92. The van der Waals surface area contributed by atoms with Gasteiger partial charge in [-0.1, -0.05) is 83.9 Å². The molecule has 1 aromatic heterocycles. The molecule has 5 aromatic carbocycles. The number of amidine groups is 1. The molecule has 1 aliphatic heterocycles. The number of sulfonamides is 1. The summed E-state index contributed by atoms with van der Waals surface area (Å²) >= 11 is 12.3. The number of nitro benzene ring substituents is 1. The zero-order valence-electron chi connectivity index (χ0n) is 27.3. The van der Waals surface area contributed by atoms with E-state index in [0.717, 1.165) is 27.9 Å². The first kappa shape index (κ1) is 35.1. The highest BCUT2D eigenvalue weighted by atomic mass is 35.5. The number of aliphatic imine (C=N–C) groups is 1. The summed E-state index contributed by atoms with van der Waals surface area (Å²) in [5, 5.41) is 11.5. The summed E-state index contributed by atoms with van der Waals surface area (Å²) in [5.41, 5.74) is -0.178. The summed E-state index contributed by atoms with van der Waals surface area (Å²) in [6.45, 7) is 1.54. The van der Waals surface area contributed by atoms with Gasteiger partial charge in [-0.3, -0.25) is 24.4 Å². The Bertz CT molecular complexity index is 2680. The van der Waals surface area contributed by atoms with Gasteiger partial charge >= 0.3 is 0 Å². The second-order valence-electron chi connectivity index (χ2n) is 11.5. The number of amides is 1. The van der Waals surface area contributed by atoms with Crippen molar-refractivity contribution >= 4 is 73.3 Å². The molecule has 0 bridgehead atoms. The summed E-state index contributed by atoms with van der Waals surface area (Å²) in [7, 11) is -4.46. The highest BCUT2D eigenvalue weighted by Gasteiger charge is 2.35. The molecule has 0 unspecified atom stereocenters. The minimum Gasteiger partial charge on any atom is -0.457 e. The SMILES string of the molecule is Cc1nc2ccc(S(=O)(=O)Nc3c(Cl)cc([N+](=O)[O-])cc3Cl)cc2c(=O)n1N1C(=O)/C(=C/c2cccc(Oc3ccccc3)c2)N=C1c1ccccc1. The summed E-state index contributed by atoms with van der Waals surface area (Å²) < 4.78 is 36.3. The van der Waals surface area contributed by atoms with E-state index in [9.17, 15) is 28.1 Å². The van der Waals surface area contributed by atoms with Crippen molar-refractivity contribution in [3.63, 3.8) is 0 Å². The van der Waals surface area contributed by atoms with E-state index >= 15 is 0 Å².